The lowest BCUT2D eigenvalue weighted by molar-refractivity contribution is -0.123. The number of nitrogens with one attached hydrogen (secondary N) is 2. The summed E-state index contributed by atoms with van der Waals surface area (Å²) < 4.78 is 39.4. The second-order valence-corrected chi connectivity index (χ2v) is 8.99. The van der Waals surface area contributed by atoms with Gasteiger partial charge < -0.3 is 14.5 Å². The van der Waals surface area contributed by atoms with E-state index in [-0.39, 0.29) is 23.0 Å². The number of carbonyl (C=O) groups excluding carboxylic acids is 2. The monoisotopic (exact) mass is 460 g/mol. The molecule has 32 heavy (non-hydrogen) atoms. The van der Waals surface area contributed by atoms with Crippen LogP contribution in [0.25, 0.3) is 0 Å². The minimum Gasteiger partial charge on any atom is -0.468 e. The van der Waals surface area contributed by atoms with E-state index in [1.165, 1.54) is 37.5 Å². The Balaban J connectivity index is 1.64. The van der Waals surface area contributed by atoms with E-state index in [4.69, 9.17) is 9.15 Å². The fourth-order valence-electron chi connectivity index (χ4n) is 2.79. The molecule has 0 bridgehead atoms. The number of hydrogen-bond acceptors (Lipinski definition) is 7. The molecule has 1 amide bonds. The maximum Gasteiger partial charge on any atom is 0.338 e. The highest BCUT2D eigenvalue weighted by molar-refractivity contribution is 7.89. The van der Waals surface area contributed by atoms with Crippen LogP contribution in [0.1, 0.15) is 42.9 Å². The van der Waals surface area contributed by atoms with E-state index >= 15 is 0 Å². The van der Waals surface area contributed by atoms with Crippen LogP contribution in [0.15, 0.2) is 64.2 Å². The molecule has 0 spiro atoms. The predicted molar refractivity (Wildman–Crippen MR) is 115 cm³/mol. The van der Waals surface area contributed by atoms with E-state index in [9.17, 15) is 18.0 Å². The molecule has 3 rings (SSSR count). The molecule has 170 valence electrons. The lowest BCUT2D eigenvalue weighted by Crippen LogP contribution is -2.31. The highest BCUT2D eigenvalue weighted by atomic mass is 32.2. The molecule has 0 aliphatic heterocycles. The van der Waals surface area contributed by atoms with Gasteiger partial charge in [0.15, 0.2) is 6.10 Å². The molecule has 11 heteroatoms. The number of aromatic nitrogens is 2. The first-order valence-corrected chi connectivity index (χ1v) is 11.3. The van der Waals surface area contributed by atoms with Crippen LogP contribution < -0.4 is 10.0 Å². The number of carbonyl (C=O) groups is 2. The summed E-state index contributed by atoms with van der Waals surface area (Å²) in [6.45, 7) is 5.22. The van der Waals surface area contributed by atoms with Crippen LogP contribution in [0.5, 0.6) is 0 Å². The third-order valence-corrected chi connectivity index (χ3v) is 5.86. The molecule has 0 radical (unpaired) electrons. The quantitative estimate of drug-likeness (QED) is 0.469. The van der Waals surface area contributed by atoms with Gasteiger partial charge in [-0.05, 0) is 51.1 Å². The van der Waals surface area contributed by atoms with Crippen LogP contribution in [-0.4, -0.2) is 36.2 Å². The van der Waals surface area contributed by atoms with Crippen molar-refractivity contribution in [3.8, 4) is 0 Å². The smallest absolute Gasteiger partial charge is 0.338 e. The first-order valence-electron chi connectivity index (χ1n) is 9.85. The number of benzene rings is 1. The van der Waals surface area contributed by atoms with Gasteiger partial charge in [-0.2, -0.15) is 5.10 Å². The van der Waals surface area contributed by atoms with Crippen molar-refractivity contribution in [2.24, 2.45) is 0 Å². The van der Waals surface area contributed by atoms with Gasteiger partial charge in [-0.1, -0.05) is 6.07 Å². The molecule has 0 saturated carbocycles. The highest BCUT2D eigenvalue weighted by Gasteiger charge is 2.22. The van der Waals surface area contributed by atoms with E-state index in [1.54, 1.807) is 29.1 Å². The maximum absolute atomic E-state index is 12.5. The van der Waals surface area contributed by atoms with E-state index in [2.05, 4.69) is 15.1 Å². The van der Waals surface area contributed by atoms with Crippen LogP contribution >= 0.6 is 0 Å². The zero-order valence-corrected chi connectivity index (χ0v) is 18.6. The molecule has 0 aliphatic rings. The van der Waals surface area contributed by atoms with Gasteiger partial charge >= 0.3 is 5.97 Å². The molecule has 1 atom stereocenters. The van der Waals surface area contributed by atoms with Crippen molar-refractivity contribution in [2.45, 2.75) is 44.4 Å². The summed E-state index contributed by atoms with van der Waals surface area (Å²) in [6.07, 6.45) is 1.88. The molecule has 0 saturated heterocycles. The van der Waals surface area contributed by atoms with Gasteiger partial charge in [0.2, 0.25) is 10.0 Å². The van der Waals surface area contributed by atoms with Crippen molar-refractivity contribution in [2.75, 3.05) is 5.32 Å². The summed E-state index contributed by atoms with van der Waals surface area (Å²) in [5.74, 6) is -0.441. The van der Waals surface area contributed by atoms with Crippen LogP contribution in [0.2, 0.25) is 0 Å². The summed E-state index contributed by atoms with van der Waals surface area (Å²) in [7, 11) is -3.89. The van der Waals surface area contributed by atoms with Crippen molar-refractivity contribution < 1.29 is 27.2 Å². The Hall–Kier alpha value is -3.44. The van der Waals surface area contributed by atoms with E-state index in [0.717, 1.165) is 0 Å². The highest BCUT2D eigenvalue weighted by Crippen LogP contribution is 2.16. The molecule has 1 aromatic carbocycles. The normalized spacial score (nSPS) is 12.5. The standard InChI is InChI=1S/C21H24N4O6S/c1-14(2)25-19(9-10-22-25)24-20(26)15(3)31-21(27)16-6-4-8-18(12-16)32(28,29)23-13-17-7-5-11-30-17/h4-12,14-15,23H,13H2,1-3H3,(H,24,26)/t15-/m0/s1. The van der Waals surface area contributed by atoms with Crippen LogP contribution in [0, 0.1) is 0 Å². The van der Waals surface area contributed by atoms with Crippen LogP contribution in [0.4, 0.5) is 5.82 Å². The third kappa shape index (κ3) is 5.62. The zero-order valence-electron chi connectivity index (χ0n) is 17.8. The maximum atomic E-state index is 12.5. The van der Waals surface area contributed by atoms with Gasteiger partial charge in [-0.15, -0.1) is 0 Å². The number of ether oxygens (including phenoxy) is 1. The average Bonchev–Trinajstić information content (AvgIpc) is 3.44. The Labute approximate surface area is 185 Å². The van der Waals surface area contributed by atoms with Crippen LogP contribution in [-0.2, 0) is 26.1 Å². The Bertz CT molecular complexity index is 1180. The molecule has 0 unspecified atom stereocenters. The second-order valence-electron chi connectivity index (χ2n) is 7.22. The Morgan fingerprint density at radius 2 is 1.94 bits per heavy atom. The Kier molecular flexibility index (Phi) is 7.11. The van der Waals surface area contributed by atoms with Crippen molar-refractivity contribution in [1.82, 2.24) is 14.5 Å². The SMILES string of the molecule is CC(C)n1nccc1NC(=O)[C@H](C)OC(=O)c1cccc(S(=O)(=O)NCc2ccco2)c1. The van der Waals surface area contributed by atoms with Crippen molar-refractivity contribution in [3.63, 3.8) is 0 Å². The number of rotatable bonds is 9. The second kappa shape index (κ2) is 9.79. The number of anilines is 1. The van der Waals surface area contributed by atoms with Crippen molar-refractivity contribution in [1.29, 1.82) is 0 Å². The molecule has 2 N–H and O–H groups in total. The summed E-state index contributed by atoms with van der Waals surface area (Å²) in [5, 5.41) is 6.79. The van der Waals surface area contributed by atoms with E-state index < -0.39 is 28.0 Å². The number of nitrogens with zero attached hydrogens (tertiary/aromatic N) is 2. The number of amides is 1. The minimum atomic E-state index is -3.89. The largest absolute Gasteiger partial charge is 0.468 e. The average molecular weight is 461 g/mol. The lowest BCUT2D eigenvalue weighted by Gasteiger charge is -2.16. The molecule has 10 nitrogen and oxygen atoms in total. The topological polar surface area (TPSA) is 133 Å². The lowest BCUT2D eigenvalue weighted by atomic mass is 10.2. The first kappa shape index (κ1) is 23.2. The fourth-order valence-corrected chi connectivity index (χ4v) is 3.83. The molecule has 3 aromatic rings. The van der Waals surface area contributed by atoms with Gasteiger partial charge in [-0.25, -0.2) is 22.6 Å². The summed E-state index contributed by atoms with van der Waals surface area (Å²) >= 11 is 0. The van der Waals surface area contributed by atoms with Gasteiger partial charge in [0.05, 0.1) is 29.5 Å². The Morgan fingerprint density at radius 3 is 2.62 bits per heavy atom. The summed E-state index contributed by atoms with van der Waals surface area (Å²) in [5.41, 5.74) is -0.00209. The summed E-state index contributed by atoms with van der Waals surface area (Å²) in [6, 6.07) is 10.3. The van der Waals surface area contributed by atoms with E-state index in [1.807, 2.05) is 13.8 Å². The molecule has 2 aromatic heterocycles. The molecule has 2 heterocycles. The number of sulfonamides is 1. The Morgan fingerprint density at radius 1 is 1.16 bits per heavy atom. The van der Waals surface area contributed by atoms with Crippen molar-refractivity contribution in [3.05, 3.63) is 66.2 Å². The van der Waals surface area contributed by atoms with Crippen LogP contribution in [0.3, 0.4) is 0 Å². The van der Waals surface area contributed by atoms with E-state index in [0.29, 0.717) is 11.6 Å². The molecule has 0 fully saturated rings. The van der Waals surface area contributed by atoms with Gasteiger partial charge in [0.1, 0.15) is 11.6 Å². The van der Waals surface area contributed by atoms with Crippen molar-refractivity contribution >= 4 is 27.7 Å². The molecular weight excluding hydrogens is 436 g/mol. The third-order valence-electron chi connectivity index (χ3n) is 4.46. The minimum absolute atomic E-state index is 0.00209. The summed E-state index contributed by atoms with van der Waals surface area (Å²) in [4.78, 5) is 24.8. The zero-order chi connectivity index (χ0) is 23.3. The van der Waals surface area contributed by atoms with Gasteiger partial charge in [-0.3, -0.25) is 4.79 Å². The van der Waals surface area contributed by atoms with Gasteiger partial charge in [0, 0.05) is 12.1 Å². The number of esters is 1. The fraction of sp³-hybridized carbons (Fsp3) is 0.286. The number of furan rings is 1. The molecule has 0 aliphatic carbocycles. The predicted octanol–water partition coefficient (Wildman–Crippen LogP) is 2.72. The first-order chi connectivity index (χ1) is 15.2. The van der Waals surface area contributed by atoms with Gasteiger partial charge in [0.25, 0.3) is 5.91 Å². The molecular formula is C21H24N4O6S. The number of hydrogen-bond donors (Lipinski definition) is 2.